The third-order valence-electron chi connectivity index (χ3n) is 3.91. The molecule has 0 aliphatic rings. The summed E-state index contributed by atoms with van der Waals surface area (Å²) in [6, 6.07) is 8.08. The van der Waals surface area contributed by atoms with Gasteiger partial charge in [0.15, 0.2) is 0 Å². The molecule has 1 amide bonds. The standard InChI is InChI=1S/C19H16F2N4O3/c1-27-15-5-3-4-11(20)17(15)13-6-7-23-19(24-13)25-14-8-10(18(22)26)16(28-2)9-12(14)21/h3-9H,1-2H3,(H2,22,26)(H,23,24,25). The van der Waals surface area contributed by atoms with Crippen molar-refractivity contribution < 1.29 is 23.0 Å². The number of nitrogens with one attached hydrogen (secondary N) is 1. The Bertz CT molecular complexity index is 1040. The highest BCUT2D eigenvalue weighted by atomic mass is 19.1. The van der Waals surface area contributed by atoms with Crippen LogP contribution in [0.5, 0.6) is 11.5 Å². The van der Waals surface area contributed by atoms with E-state index >= 15 is 0 Å². The Morgan fingerprint density at radius 3 is 2.50 bits per heavy atom. The van der Waals surface area contributed by atoms with Crippen molar-refractivity contribution in [2.45, 2.75) is 0 Å². The topological polar surface area (TPSA) is 99.4 Å². The normalized spacial score (nSPS) is 10.4. The summed E-state index contributed by atoms with van der Waals surface area (Å²) in [5.41, 5.74) is 5.56. The molecule has 144 valence electrons. The van der Waals surface area contributed by atoms with Gasteiger partial charge in [-0.15, -0.1) is 0 Å². The Morgan fingerprint density at radius 2 is 1.82 bits per heavy atom. The van der Waals surface area contributed by atoms with E-state index in [-0.39, 0.29) is 40.0 Å². The van der Waals surface area contributed by atoms with Crippen molar-refractivity contribution >= 4 is 17.5 Å². The van der Waals surface area contributed by atoms with Crippen molar-refractivity contribution in [3.05, 3.63) is 59.8 Å². The number of carbonyl (C=O) groups excluding carboxylic acids is 1. The molecule has 9 heteroatoms. The third-order valence-corrected chi connectivity index (χ3v) is 3.91. The van der Waals surface area contributed by atoms with E-state index in [9.17, 15) is 13.6 Å². The number of benzene rings is 2. The van der Waals surface area contributed by atoms with Crippen LogP contribution >= 0.6 is 0 Å². The Balaban J connectivity index is 2.01. The summed E-state index contributed by atoms with van der Waals surface area (Å²) in [4.78, 5) is 19.8. The molecule has 0 atom stereocenters. The van der Waals surface area contributed by atoms with Gasteiger partial charge in [0.05, 0.1) is 36.7 Å². The van der Waals surface area contributed by atoms with Crippen LogP contribution in [0.3, 0.4) is 0 Å². The zero-order valence-corrected chi connectivity index (χ0v) is 15.0. The van der Waals surface area contributed by atoms with E-state index in [0.29, 0.717) is 0 Å². The lowest BCUT2D eigenvalue weighted by molar-refractivity contribution is 0.0997. The van der Waals surface area contributed by atoms with E-state index < -0.39 is 17.5 Å². The van der Waals surface area contributed by atoms with Gasteiger partial charge >= 0.3 is 0 Å². The maximum Gasteiger partial charge on any atom is 0.252 e. The predicted molar refractivity (Wildman–Crippen MR) is 98.7 cm³/mol. The molecule has 0 radical (unpaired) electrons. The minimum Gasteiger partial charge on any atom is -0.496 e. The van der Waals surface area contributed by atoms with Gasteiger partial charge in [-0.2, -0.15) is 0 Å². The van der Waals surface area contributed by atoms with E-state index in [1.54, 1.807) is 6.07 Å². The molecular weight excluding hydrogens is 370 g/mol. The number of nitrogens with two attached hydrogens (primary N) is 1. The molecule has 28 heavy (non-hydrogen) atoms. The van der Waals surface area contributed by atoms with Gasteiger partial charge in [0, 0.05) is 12.3 Å². The lowest BCUT2D eigenvalue weighted by Gasteiger charge is -2.12. The number of methoxy groups -OCH3 is 2. The highest BCUT2D eigenvalue weighted by molar-refractivity contribution is 5.96. The number of hydrogen-bond donors (Lipinski definition) is 2. The van der Waals surface area contributed by atoms with Crippen LogP contribution in [0, 0.1) is 11.6 Å². The number of primary amides is 1. The van der Waals surface area contributed by atoms with E-state index in [0.717, 1.165) is 6.07 Å². The number of carbonyl (C=O) groups is 1. The number of ether oxygens (including phenoxy) is 2. The second-order valence-electron chi connectivity index (χ2n) is 5.60. The van der Waals surface area contributed by atoms with E-state index in [2.05, 4.69) is 15.3 Å². The highest BCUT2D eigenvalue weighted by Crippen LogP contribution is 2.32. The maximum absolute atomic E-state index is 14.3. The SMILES string of the molecule is COc1cc(F)c(Nc2nccc(-c3c(F)cccc3OC)n2)cc1C(N)=O. The van der Waals surface area contributed by atoms with Gasteiger partial charge in [-0.25, -0.2) is 18.7 Å². The van der Waals surface area contributed by atoms with Crippen LogP contribution < -0.4 is 20.5 Å². The summed E-state index contributed by atoms with van der Waals surface area (Å²) in [7, 11) is 2.71. The molecule has 0 bridgehead atoms. The molecular formula is C19H16F2N4O3. The van der Waals surface area contributed by atoms with Crippen LogP contribution in [0.1, 0.15) is 10.4 Å². The molecule has 0 unspecified atom stereocenters. The molecule has 1 aromatic heterocycles. The van der Waals surface area contributed by atoms with Crippen molar-refractivity contribution in [1.29, 1.82) is 0 Å². The third kappa shape index (κ3) is 3.68. The lowest BCUT2D eigenvalue weighted by atomic mass is 10.1. The maximum atomic E-state index is 14.3. The fourth-order valence-electron chi connectivity index (χ4n) is 2.61. The molecule has 0 saturated carbocycles. The van der Waals surface area contributed by atoms with Crippen LogP contribution in [0.25, 0.3) is 11.3 Å². The summed E-state index contributed by atoms with van der Waals surface area (Å²) in [6.07, 6.45) is 1.38. The molecule has 3 rings (SSSR count). The molecule has 7 nitrogen and oxygen atoms in total. The van der Waals surface area contributed by atoms with Gasteiger partial charge in [-0.05, 0) is 24.3 Å². The summed E-state index contributed by atoms with van der Waals surface area (Å²) in [5, 5.41) is 2.66. The summed E-state index contributed by atoms with van der Waals surface area (Å²) >= 11 is 0. The average molecular weight is 386 g/mol. The second kappa shape index (κ2) is 7.87. The second-order valence-corrected chi connectivity index (χ2v) is 5.60. The van der Waals surface area contributed by atoms with Gasteiger partial charge in [0.1, 0.15) is 23.1 Å². The van der Waals surface area contributed by atoms with Gasteiger partial charge in [0.2, 0.25) is 5.95 Å². The first-order valence-corrected chi connectivity index (χ1v) is 8.05. The predicted octanol–water partition coefficient (Wildman–Crippen LogP) is 3.28. The quantitative estimate of drug-likeness (QED) is 0.675. The fraction of sp³-hybridized carbons (Fsp3) is 0.105. The molecule has 0 saturated heterocycles. The van der Waals surface area contributed by atoms with E-state index in [1.807, 2.05) is 0 Å². The van der Waals surface area contributed by atoms with Crippen molar-refractivity contribution in [2.75, 3.05) is 19.5 Å². The number of halogens is 2. The highest BCUT2D eigenvalue weighted by Gasteiger charge is 2.17. The number of anilines is 2. The molecule has 3 aromatic rings. The van der Waals surface area contributed by atoms with Crippen molar-refractivity contribution in [3.8, 4) is 22.8 Å². The van der Waals surface area contributed by atoms with Crippen LogP contribution in [0.2, 0.25) is 0 Å². The minimum atomic E-state index is -0.786. The Morgan fingerprint density at radius 1 is 1.07 bits per heavy atom. The van der Waals surface area contributed by atoms with Crippen LogP contribution in [-0.2, 0) is 0 Å². The van der Waals surface area contributed by atoms with Gasteiger partial charge < -0.3 is 20.5 Å². The zero-order valence-electron chi connectivity index (χ0n) is 15.0. The summed E-state index contributed by atoms with van der Waals surface area (Å²) < 4.78 is 38.8. The molecule has 1 heterocycles. The number of nitrogens with zero attached hydrogens (tertiary/aromatic N) is 2. The van der Waals surface area contributed by atoms with Crippen LogP contribution in [-0.4, -0.2) is 30.1 Å². The molecule has 0 aliphatic heterocycles. The first-order valence-electron chi connectivity index (χ1n) is 8.05. The van der Waals surface area contributed by atoms with Gasteiger partial charge in [0.25, 0.3) is 5.91 Å². The van der Waals surface area contributed by atoms with Crippen molar-refractivity contribution in [3.63, 3.8) is 0 Å². The number of aromatic nitrogens is 2. The summed E-state index contributed by atoms with van der Waals surface area (Å²) in [5.74, 6) is -1.75. The number of amides is 1. The Labute approximate surface area is 159 Å². The molecule has 3 N–H and O–H groups in total. The van der Waals surface area contributed by atoms with Gasteiger partial charge in [-0.3, -0.25) is 4.79 Å². The molecule has 0 aliphatic carbocycles. The number of hydrogen-bond acceptors (Lipinski definition) is 6. The van der Waals surface area contributed by atoms with E-state index in [1.165, 1.54) is 44.7 Å². The number of rotatable bonds is 6. The molecule has 0 spiro atoms. The Kier molecular flexibility index (Phi) is 5.35. The Hall–Kier alpha value is -3.75. The molecule has 0 fully saturated rings. The van der Waals surface area contributed by atoms with Crippen LogP contribution in [0.4, 0.5) is 20.4 Å². The van der Waals surface area contributed by atoms with E-state index in [4.69, 9.17) is 15.2 Å². The minimum absolute atomic E-state index is 0.00121. The monoisotopic (exact) mass is 386 g/mol. The first-order chi connectivity index (χ1) is 13.4. The average Bonchev–Trinajstić information content (AvgIpc) is 2.68. The van der Waals surface area contributed by atoms with Gasteiger partial charge in [-0.1, -0.05) is 6.07 Å². The van der Waals surface area contributed by atoms with Crippen LogP contribution in [0.15, 0.2) is 42.6 Å². The van der Waals surface area contributed by atoms with Crippen molar-refractivity contribution in [1.82, 2.24) is 9.97 Å². The fourth-order valence-corrected chi connectivity index (χ4v) is 2.61. The first kappa shape index (κ1) is 19.0. The lowest BCUT2D eigenvalue weighted by Crippen LogP contribution is -2.13. The summed E-state index contributed by atoms with van der Waals surface area (Å²) in [6.45, 7) is 0. The van der Waals surface area contributed by atoms with Crippen molar-refractivity contribution in [2.24, 2.45) is 5.73 Å². The zero-order chi connectivity index (χ0) is 20.3. The largest absolute Gasteiger partial charge is 0.496 e. The smallest absolute Gasteiger partial charge is 0.252 e. The molecule has 2 aromatic carbocycles.